The highest BCUT2D eigenvalue weighted by Gasteiger charge is 2.08. The first-order valence-corrected chi connectivity index (χ1v) is 10.1. The minimum absolute atomic E-state index is 0.0133. The van der Waals surface area contributed by atoms with Gasteiger partial charge in [0.1, 0.15) is 19.0 Å². The number of hydrogen-bond acceptors (Lipinski definition) is 6. The Morgan fingerprint density at radius 3 is 2.29 bits per heavy atom. The molecule has 0 heterocycles. The van der Waals surface area contributed by atoms with Gasteiger partial charge in [-0.2, -0.15) is 0 Å². The first kappa shape index (κ1) is 21.4. The molecule has 0 aliphatic heterocycles. The van der Waals surface area contributed by atoms with Gasteiger partial charge in [0.05, 0.1) is 17.7 Å². The monoisotopic (exact) mass is 406 g/mol. The second kappa shape index (κ2) is 10.4. The summed E-state index contributed by atoms with van der Waals surface area (Å²) < 4.78 is 32.7. The van der Waals surface area contributed by atoms with Crippen LogP contribution in [0, 0.1) is 0 Å². The molecule has 150 valence electrons. The topological polar surface area (TPSA) is 125 Å². The van der Waals surface area contributed by atoms with Crippen LogP contribution in [0.3, 0.4) is 0 Å². The number of ether oxygens (including phenoxy) is 2. The number of benzene rings is 2. The molecule has 0 aliphatic rings. The Labute approximate surface area is 163 Å². The maximum Gasteiger partial charge on any atom is 0.307 e. The zero-order chi connectivity index (χ0) is 20.4. The van der Waals surface area contributed by atoms with Gasteiger partial charge in [0.25, 0.3) is 0 Å². The van der Waals surface area contributed by atoms with Crippen LogP contribution in [0.5, 0.6) is 5.75 Å². The van der Waals surface area contributed by atoms with E-state index in [-0.39, 0.29) is 43.4 Å². The van der Waals surface area contributed by atoms with Gasteiger partial charge in [-0.05, 0) is 29.8 Å². The summed E-state index contributed by atoms with van der Waals surface area (Å²) in [6, 6.07) is 14.9. The summed E-state index contributed by atoms with van der Waals surface area (Å²) in [7, 11) is -3.74. The first-order valence-electron chi connectivity index (χ1n) is 8.56. The summed E-state index contributed by atoms with van der Waals surface area (Å²) in [6.45, 7) is 0.342. The molecule has 0 atom stereocenters. The molecular weight excluding hydrogens is 384 g/mol. The zero-order valence-corrected chi connectivity index (χ0v) is 16.0. The average molecular weight is 406 g/mol. The summed E-state index contributed by atoms with van der Waals surface area (Å²) in [5, 5.41) is 7.67. The van der Waals surface area contributed by atoms with Gasteiger partial charge in [0, 0.05) is 6.54 Å². The summed E-state index contributed by atoms with van der Waals surface area (Å²) in [5.74, 6) is -0.185. The van der Waals surface area contributed by atoms with E-state index < -0.39 is 16.0 Å². The average Bonchev–Trinajstić information content (AvgIpc) is 2.66. The number of rotatable bonds is 10. The molecule has 0 bridgehead atoms. The van der Waals surface area contributed by atoms with E-state index in [9.17, 15) is 18.0 Å². The van der Waals surface area contributed by atoms with Crippen LogP contribution in [-0.4, -0.2) is 40.1 Å². The normalized spacial score (nSPS) is 10.9. The van der Waals surface area contributed by atoms with Gasteiger partial charge in [0.15, 0.2) is 0 Å². The van der Waals surface area contributed by atoms with Crippen LogP contribution in [0.2, 0.25) is 0 Å². The lowest BCUT2D eigenvalue weighted by atomic mass is 10.1. The van der Waals surface area contributed by atoms with E-state index in [2.05, 4.69) is 5.32 Å². The largest absolute Gasteiger partial charge is 0.490 e. The molecule has 0 saturated heterocycles. The number of carbonyl (C=O) groups is 2. The van der Waals surface area contributed by atoms with E-state index in [0.29, 0.717) is 5.75 Å². The van der Waals surface area contributed by atoms with Gasteiger partial charge < -0.3 is 14.8 Å². The molecule has 0 aliphatic carbocycles. The molecule has 0 spiro atoms. The number of nitrogens with one attached hydrogen (secondary N) is 1. The number of sulfonamides is 1. The highest BCUT2D eigenvalue weighted by atomic mass is 32.2. The Kier molecular flexibility index (Phi) is 7.97. The first-order chi connectivity index (χ1) is 13.3. The Morgan fingerprint density at radius 2 is 1.64 bits per heavy atom. The van der Waals surface area contributed by atoms with Gasteiger partial charge in [-0.1, -0.05) is 30.3 Å². The maximum absolute atomic E-state index is 11.8. The van der Waals surface area contributed by atoms with Crippen molar-refractivity contribution in [2.75, 3.05) is 19.8 Å². The molecule has 2 aromatic carbocycles. The number of amides is 1. The van der Waals surface area contributed by atoms with Crippen molar-refractivity contribution in [2.45, 2.75) is 17.7 Å². The third-order valence-corrected chi connectivity index (χ3v) is 4.56. The van der Waals surface area contributed by atoms with Crippen LogP contribution in [0.25, 0.3) is 0 Å². The summed E-state index contributed by atoms with van der Waals surface area (Å²) in [5.41, 5.74) is 0.900. The van der Waals surface area contributed by atoms with E-state index >= 15 is 0 Å². The van der Waals surface area contributed by atoms with Gasteiger partial charge in [-0.25, -0.2) is 13.6 Å². The van der Waals surface area contributed by atoms with Crippen LogP contribution in [0.15, 0.2) is 59.5 Å². The van der Waals surface area contributed by atoms with Gasteiger partial charge in [-0.15, -0.1) is 0 Å². The number of primary sulfonamides is 1. The minimum atomic E-state index is -3.74. The lowest BCUT2D eigenvalue weighted by molar-refractivity contribution is -0.144. The van der Waals surface area contributed by atoms with Crippen LogP contribution in [0.1, 0.15) is 12.0 Å². The Hall–Kier alpha value is -2.91. The molecule has 0 unspecified atom stereocenters. The van der Waals surface area contributed by atoms with Crippen molar-refractivity contribution in [3.8, 4) is 5.75 Å². The van der Waals surface area contributed by atoms with E-state index in [1.54, 1.807) is 0 Å². The molecule has 0 aromatic heterocycles. The minimum Gasteiger partial charge on any atom is -0.490 e. The molecule has 0 radical (unpaired) electrons. The van der Waals surface area contributed by atoms with Gasteiger partial charge in [-0.3, -0.25) is 9.59 Å². The zero-order valence-electron chi connectivity index (χ0n) is 15.2. The lowest BCUT2D eigenvalue weighted by Crippen LogP contribution is -2.28. The molecule has 8 nitrogen and oxygen atoms in total. The van der Waals surface area contributed by atoms with Crippen molar-refractivity contribution in [1.29, 1.82) is 0 Å². The lowest BCUT2D eigenvalue weighted by Gasteiger charge is -2.08. The van der Waals surface area contributed by atoms with Crippen molar-refractivity contribution in [2.24, 2.45) is 5.14 Å². The fourth-order valence-corrected chi connectivity index (χ4v) is 2.78. The second-order valence-corrected chi connectivity index (χ2v) is 7.41. The number of nitrogens with two attached hydrogens (primary N) is 1. The van der Waals surface area contributed by atoms with Gasteiger partial charge >= 0.3 is 5.97 Å². The Morgan fingerprint density at radius 1 is 0.964 bits per heavy atom. The highest BCUT2D eigenvalue weighted by Crippen LogP contribution is 2.14. The van der Waals surface area contributed by atoms with Gasteiger partial charge in [0.2, 0.25) is 15.9 Å². The molecule has 3 N–H and O–H groups in total. The summed E-state index contributed by atoms with van der Waals surface area (Å²) in [4.78, 5) is 23.4. The van der Waals surface area contributed by atoms with Crippen LogP contribution in [0.4, 0.5) is 0 Å². The SMILES string of the molecule is NS(=O)(=O)c1ccc(OCCOC(=O)CCNC(=O)Cc2ccccc2)cc1. The second-order valence-electron chi connectivity index (χ2n) is 5.85. The summed E-state index contributed by atoms with van der Waals surface area (Å²) >= 11 is 0. The van der Waals surface area contributed by atoms with E-state index in [4.69, 9.17) is 14.6 Å². The summed E-state index contributed by atoms with van der Waals surface area (Å²) in [6.07, 6.45) is 0.317. The molecule has 0 saturated carbocycles. The fourth-order valence-electron chi connectivity index (χ4n) is 2.26. The third-order valence-electron chi connectivity index (χ3n) is 3.63. The molecule has 9 heteroatoms. The Balaban J connectivity index is 1.58. The third kappa shape index (κ3) is 7.77. The standard InChI is InChI=1S/C19H22N2O6S/c20-28(24,25)17-8-6-16(7-9-17)26-12-13-27-19(23)10-11-21-18(22)14-15-4-2-1-3-5-15/h1-9H,10-14H2,(H,21,22)(H2,20,24,25). The fraction of sp³-hybridized carbons (Fsp3) is 0.263. The predicted octanol–water partition coefficient (Wildman–Crippen LogP) is 1.01. The molecule has 2 rings (SSSR count). The number of esters is 1. The van der Waals surface area contributed by atoms with Crippen molar-refractivity contribution in [3.63, 3.8) is 0 Å². The van der Waals surface area contributed by atoms with Crippen molar-refractivity contribution < 1.29 is 27.5 Å². The maximum atomic E-state index is 11.8. The van der Waals surface area contributed by atoms with Crippen LogP contribution < -0.4 is 15.2 Å². The van der Waals surface area contributed by atoms with Crippen molar-refractivity contribution >= 4 is 21.9 Å². The van der Waals surface area contributed by atoms with Crippen LogP contribution in [-0.2, 0) is 30.8 Å². The number of hydrogen-bond donors (Lipinski definition) is 2. The molecule has 0 fully saturated rings. The highest BCUT2D eigenvalue weighted by molar-refractivity contribution is 7.89. The van der Waals surface area contributed by atoms with E-state index in [1.165, 1.54) is 24.3 Å². The Bertz CT molecular complexity index is 882. The molecule has 1 amide bonds. The van der Waals surface area contributed by atoms with Crippen molar-refractivity contribution in [3.05, 3.63) is 60.2 Å². The van der Waals surface area contributed by atoms with Crippen molar-refractivity contribution in [1.82, 2.24) is 5.32 Å². The molecular formula is C19H22N2O6S. The predicted molar refractivity (Wildman–Crippen MR) is 102 cm³/mol. The quantitative estimate of drug-likeness (QED) is 0.448. The van der Waals surface area contributed by atoms with E-state index in [0.717, 1.165) is 5.56 Å². The molecule has 28 heavy (non-hydrogen) atoms. The number of carbonyl (C=O) groups excluding carboxylic acids is 2. The van der Waals surface area contributed by atoms with Crippen LogP contribution >= 0.6 is 0 Å². The molecule has 2 aromatic rings. The van der Waals surface area contributed by atoms with E-state index in [1.807, 2.05) is 30.3 Å². The smallest absolute Gasteiger partial charge is 0.307 e.